The van der Waals surface area contributed by atoms with E-state index >= 15 is 0 Å². The molecule has 1 N–H and O–H groups in total. The average molecular weight is 436 g/mol. The highest BCUT2D eigenvalue weighted by atomic mass is 16.5. The summed E-state index contributed by atoms with van der Waals surface area (Å²) in [5.74, 6) is 0.849. The minimum atomic E-state index is -0.224. The highest BCUT2D eigenvalue weighted by Crippen LogP contribution is 2.18. The number of nitrogens with one attached hydrogen (secondary N) is 1. The van der Waals surface area contributed by atoms with E-state index in [1.54, 1.807) is 31.5 Å². The third-order valence-electron chi connectivity index (χ3n) is 5.88. The molecule has 1 amide bonds. The number of rotatable bonds is 8. The number of methoxy groups -OCH3 is 1. The molecular formula is C25H29N3O4. The topological polar surface area (TPSA) is 72.8 Å². The van der Waals surface area contributed by atoms with E-state index in [1.807, 2.05) is 35.9 Å². The van der Waals surface area contributed by atoms with Crippen LogP contribution in [0, 0.1) is 0 Å². The van der Waals surface area contributed by atoms with Gasteiger partial charge < -0.3 is 24.3 Å². The number of amides is 1. The van der Waals surface area contributed by atoms with Crippen molar-refractivity contribution in [3.8, 4) is 11.5 Å². The van der Waals surface area contributed by atoms with Gasteiger partial charge in [-0.05, 0) is 61.8 Å². The van der Waals surface area contributed by atoms with Gasteiger partial charge in [-0.1, -0.05) is 12.1 Å². The molecule has 4 rings (SSSR count). The van der Waals surface area contributed by atoms with Crippen LogP contribution in [0.5, 0.6) is 11.5 Å². The molecule has 0 radical (unpaired) electrons. The molecule has 1 aliphatic heterocycles. The molecule has 1 aromatic heterocycles. The number of carbonyl (C=O) groups excluding carboxylic acids is 1. The molecule has 7 heteroatoms. The molecule has 1 aliphatic rings. The maximum atomic E-state index is 13.1. The lowest BCUT2D eigenvalue weighted by atomic mass is 10.1. The number of hydrogen-bond donors (Lipinski definition) is 1. The molecular weight excluding hydrogens is 406 g/mol. The van der Waals surface area contributed by atoms with Crippen molar-refractivity contribution in [2.75, 3.05) is 33.3 Å². The van der Waals surface area contributed by atoms with E-state index in [0.717, 1.165) is 36.5 Å². The number of fused-ring (bicyclic) bond motifs is 1. The molecule has 32 heavy (non-hydrogen) atoms. The normalized spacial score (nSPS) is 13.9. The van der Waals surface area contributed by atoms with Crippen LogP contribution in [0.25, 0.3) is 10.9 Å². The molecule has 2 aromatic carbocycles. The second kappa shape index (κ2) is 9.87. The van der Waals surface area contributed by atoms with Gasteiger partial charge in [-0.15, -0.1) is 0 Å². The monoisotopic (exact) mass is 435 g/mol. The van der Waals surface area contributed by atoms with E-state index in [9.17, 15) is 9.59 Å². The summed E-state index contributed by atoms with van der Waals surface area (Å²) in [6.07, 6.45) is 4.14. The van der Waals surface area contributed by atoms with E-state index in [1.165, 1.54) is 12.8 Å². The predicted octanol–water partition coefficient (Wildman–Crippen LogP) is 2.95. The van der Waals surface area contributed by atoms with Gasteiger partial charge in [0.2, 0.25) is 5.43 Å². The highest BCUT2D eigenvalue weighted by molar-refractivity contribution is 5.98. The number of benzene rings is 2. The molecule has 0 spiro atoms. The second-order valence-electron chi connectivity index (χ2n) is 8.11. The molecule has 0 unspecified atom stereocenters. The smallest absolute Gasteiger partial charge is 0.251 e. The van der Waals surface area contributed by atoms with Crippen LogP contribution < -0.4 is 20.2 Å². The maximum Gasteiger partial charge on any atom is 0.251 e. The van der Waals surface area contributed by atoms with E-state index in [4.69, 9.17) is 9.47 Å². The summed E-state index contributed by atoms with van der Waals surface area (Å²) in [6.45, 7) is 3.91. The predicted molar refractivity (Wildman–Crippen MR) is 125 cm³/mol. The number of aryl methyl sites for hydroxylation is 1. The Morgan fingerprint density at radius 1 is 1.09 bits per heavy atom. The molecule has 0 bridgehead atoms. The van der Waals surface area contributed by atoms with Crippen molar-refractivity contribution < 1.29 is 14.3 Å². The zero-order chi connectivity index (χ0) is 22.5. The summed E-state index contributed by atoms with van der Waals surface area (Å²) in [5, 5.41) is 3.43. The number of likely N-dealkylation sites (tertiary alicyclic amines) is 1. The van der Waals surface area contributed by atoms with Crippen LogP contribution in [0.3, 0.4) is 0 Å². The van der Waals surface area contributed by atoms with Crippen molar-refractivity contribution in [2.24, 2.45) is 7.05 Å². The zero-order valence-electron chi connectivity index (χ0n) is 18.6. The van der Waals surface area contributed by atoms with Gasteiger partial charge >= 0.3 is 0 Å². The SMILES string of the molecule is COc1ccc(COc2cn(C)c3ccc(C(=O)NCCN4CCCC4)cc3c2=O)cc1. The maximum absolute atomic E-state index is 13.1. The second-order valence-corrected chi connectivity index (χ2v) is 8.11. The van der Waals surface area contributed by atoms with E-state index in [2.05, 4.69) is 10.2 Å². The Hall–Kier alpha value is -3.32. The first kappa shape index (κ1) is 21.9. The Kier molecular flexibility index (Phi) is 6.75. The van der Waals surface area contributed by atoms with Crippen LogP contribution >= 0.6 is 0 Å². The van der Waals surface area contributed by atoms with Crippen molar-refractivity contribution in [2.45, 2.75) is 19.4 Å². The Balaban J connectivity index is 1.49. The fraction of sp³-hybridized carbons (Fsp3) is 0.360. The average Bonchev–Trinajstić information content (AvgIpc) is 3.34. The van der Waals surface area contributed by atoms with Crippen LogP contribution in [-0.4, -0.2) is 48.7 Å². The molecule has 0 aliphatic carbocycles. The zero-order valence-corrected chi connectivity index (χ0v) is 18.6. The van der Waals surface area contributed by atoms with Gasteiger partial charge in [-0.3, -0.25) is 9.59 Å². The number of nitrogens with zero attached hydrogens (tertiary/aromatic N) is 2. The first-order valence-corrected chi connectivity index (χ1v) is 10.9. The summed E-state index contributed by atoms with van der Waals surface area (Å²) >= 11 is 0. The summed E-state index contributed by atoms with van der Waals surface area (Å²) in [7, 11) is 3.48. The minimum Gasteiger partial charge on any atom is -0.497 e. The minimum absolute atomic E-state index is 0.169. The van der Waals surface area contributed by atoms with Gasteiger partial charge in [0.1, 0.15) is 12.4 Å². The molecule has 3 aromatic rings. The van der Waals surface area contributed by atoms with Crippen molar-refractivity contribution in [3.05, 3.63) is 70.0 Å². The molecule has 0 atom stereocenters. The number of carbonyl (C=O) groups is 1. The van der Waals surface area contributed by atoms with Gasteiger partial charge in [0.15, 0.2) is 5.75 Å². The van der Waals surface area contributed by atoms with Crippen molar-refractivity contribution in [1.29, 1.82) is 0 Å². The standard InChI is InChI=1S/C25H29N3O4/c1-27-16-23(32-17-18-5-8-20(31-2)9-6-18)24(29)21-15-19(7-10-22(21)27)25(30)26-11-14-28-12-3-4-13-28/h5-10,15-16H,3-4,11-14,17H2,1-2H3,(H,26,30). The fourth-order valence-corrected chi connectivity index (χ4v) is 4.02. The molecule has 1 fully saturated rings. The van der Waals surface area contributed by atoms with E-state index < -0.39 is 0 Å². The third-order valence-corrected chi connectivity index (χ3v) is 5.88. The van der Waals surface area contributed by atoms with E-state index in [0.29, 0.717) is 17.5 Å². The van der Waals surface area contributed by atoms with Crippen LogP contribution in [0.1, 0.15) is 28.8 Å². The third kappa shape index (κ3) is 4.94. The van der Waals surface area contributed by atoms with Gasteiger partial charge in [0.25, 0.3) is 5.91 Å². The summed E-state index contributed by atoms with van der Waals surface area (Å²) in [4.78, 5) is 28.0. The molecule has 2 heterocycles. The number of pyridine rings is 1. The quantitative estimate of drug-likeness (QED) is 0.589. The Morgan fingerprint density at radius 2 is 1.84 bits per heavy atom. The molecule has 1 saturated heterocycles. The number of aromatic nitrogens is 1. The lowest BCUT2D eigenvalue weighted by Gasteiger charge is -2.15. The Labute approximate surface area is 187 Å². The Morgan fingerprint density at radius 3 is 2.56 bits per heavy atom. The molecule has 168 valence electrons. The van der Waals surface area contributed by atoms with Gasteiger partial charge in [-0.2, -0.15) is 0 Å². The number of ether oxygens (including phenoxy) is 2. The largest absolute Gasteiger partial charge is 0.497 e. The number of hydrogen-bond acceptors (Lipinski definition) is 5. The lowest BCUT2D eigenvalue weighted by molar-refractivity contribution is 0.0950. The summed E-state index contributed by atoms with van der Waals surface area (Å²) in [5.41, 5.74) is 1.93. The van der Waals surface area contributed by atoms with Crippen molar-refractivity contribution in [1.82, 2.24) is 14.8 Å². The summed E-state index contributed by atoms with van der Waals surface area (Å²) < 4.78 is 12.8. The van der Waals surface area contributed by atoms with Crippen LogP contribution in [0.4, 0.5) is 0 Å². The van der Waals surface area contributed by atoms with E-state index in [-0.39, 0.29) is 23.7 Å². The van der Waals surface area contributed by atoms with Crippen LogP contribution in [-0.2, 0) is 13.7 Å². The first-order valence-electron chi connectivity index (χ1n) is 10.9. The van der Waals surface area contributed by atoms with Crippen molar-refractivity contribution in [3.63, 3.8) is 0 Å². The summed E-state index contributed by atoms with van der Waals surface area (Å²) in [6, 6.07) is 12.7. The fourth-order valence-electron chi connectivity index (χ4n) is 4.02. The lowest BCUT2D eigenvalue weighted by Crippen LogP contribution is -2.33. The van der Waals surface area contributed by atoms with Gasteiger partial charge in [0, 0.05) is 25.7 Å². The van der Waals surface area contributed by atoms with Crippen LogP contribution in [0.15, 0.2) is 53.5 Å². The highest BCUT2D eigenvalue weighted by Gasteiger charge is 2.14. The van der Waals surface area contributed by atoms with Crippen molar-refractivity contribution >= 4 is 16.8 Å². The van der Waals surface area contributed by atoms with Gasteiger partial charge in [0.05, 0.1) is 24.2 Å². The van der Waals surface area contributed by atoms with Crippen LogP contribution in [0.2, 0.25) is 0 Å². The molecule has 0 saturated carbocycles. The first-order chi connectivity index (χ1) is 15.5. The Bertz CT molecular complexity index is 1150. The molecule has 7 nitrogen and oxygen atoms in total. The van der Waals surface area contributed by atoms with Gasteiger partial charge in [-0.25, -0.2) is 0 Å².